The summed E-state index contributed by atoms with van der Waals surface area (Å²) in [6.45, 7) is 2.07. The highest BCUT2D eigenvalue weighted by atomic mass is 35.5. The van der Waals surface area contributed by atoms with Crippen molar-refractivity contribution in [3.63, 3.8) is 0 Å². The predicted octanol–water partition coefficient (Wildman–Crippen LogP) is 3.58. The molecule has 0 amide bonds. The first-order valence-corrected chi connectivity index (χ1v) is 6.26. The van der Waals surface area contributed by atoms with Crippen LogP contribution in [0.1, 0.15) is 11.1 Å². The van der Waals surface area contributed by atoms with Gasteiger partial charge in [-0.15, -0.1) is 0 Å². The van der Waals surface area contributed by atoms with E-state index in [2.05, 4.69) is 31.2 Å². The standard InChI is InChI=1S/C10H10ClNS2/c1-7-2-4-8(5-3-7)9-6-13-10(11,12)14-9/h2-6H,12H2,1H3. The number of nitrogens with two attached hydrogens (primary N) is 1. The van der Waals surface area contributed by atoms with E-state index >= 15 is 0 Å². The molecule has 74 valence electrons. The molecular formula is C10H10ClNS2. The van der Waals surface area contributed by atoms with Crippen LogP contribution in [0.2, 0.25) is 0 Å². The van der Waals surface area contributed by atoms with Crippen LogP contribution in [0.15, 0.2) is 29.7 Å². The molecule has 2 rings (SSSR count). The number of benzene rings is 1. The van der Waals surface area contributed by atoms with Crippen LogP contribution in [0.25, 0.3) is 4.91 Å². The molecule has 1 aromatic rings. The van der Waals surface area contributed by atoms with Gasteiger partial charge in [-0.05, 0) is 17.9 Å². The highest BCUT2D eigenvalue weighted by Gasteiger charge is 2.30. The van der Waals surface area contributed by atoms with Gasteiger partial charge < -0.3 is 0 Å². The molecule has 1 heterocycles. The zero-order chi connectivity index (χ0) is 10.2. The average Bonchev–Trinajstić information content (AvgIpc) is 2.47. The Labute approximate surface area is 97.1 Å². The summed E-state index contributed by atoms with van der Waals surface area (Å²) in [6, 6.07) is 8.36. The van der Waals surface area contributed by atoms with Gasteiger partial charge in [0.15, 0.2) is 3.66 Å². The van der Waals surface area contributed by atoms with Crippen molar-refractivity contribution in [1.82, 2.24) is 0 Å². The summed E-state index contributed by atoms with van der Waals surface area (Å²) in [7, 11) is 0. The monoisotopic (exact) mass is 243 g/mol. The Morgan fingerprint density at radius 1 is 1.29 bits per heavy atom. The van der Waals surface area contributed by atoms with Gasteiger partial charge in [-0.1, -0.05) is 65.0 Å². The van der Waals surface area contributed by atoms with Crippen molar-refractivity contribution in [2.45, 2.75) is 10.6 Å². The number of aryl methyl sites for hydroxylation is 1. The van der Waals surface area contributed by atoms with Gasteiger partial charge in [0.05, 0.1) is 0 Å². The SMILES string of the molecule is Cc1ccc(C2=CSC(N)(Cl)S2)cc1. The molecular weight excluding hydrogens is 234 g/mol. The van der Waals surface area contributed by atoms with Crippen LogP contribution in [0.5, 0.6) is 0 Å². The van der Waals surface area contributed by atoms with E-state index in [9.17, 15) is 0 Å². The highest BCUT2D eigenvalue weighted by molar-refractivity contribution is 8.28. The summed E-state index contributed by atoms with van der Waals surface area (Å²) in [6.07, 6.45) is 0. The molecule has 1 unspecified atom stereocenters. The maximum absolute atomic E-state index is 6.00. The molecule has 0 bridgehead atoms. The van der Waals surface area contributed by atoms with E-state index in [0.717, 1.165) is 4.91 Å². The Hall–Kier alpha value is -0.0900. The van der Waals surface area contributed by atoms with Crippen LogP contribution in [0.3, 0.4) is 0 Å². The first kappa shape index (κ1) is 10.4. The van der Waals surface area contributed by atoms with Gasteiger partial charge in [-0.2, -0.15) is 0 Å². The van der Waals surface area contributed by atoms with Crippen LogP contribution in [0.4, 0.5) is 0 Å². The quantitative estimate of drug-likeness (QED) is 0.603. The molecule has 1 aromatic carbocycles. The molecule has 0 saturated carbocycles. The maximum atomic E-state index is 6.00. The number of rotatable bonds is 1. The van der Waals surface area contributed by atoms with Gasteiger partial charge in [0.1, 0.15) is 0 Å². The summed E-state index contributed by atoms with van der Waals surface area (Å²) >= 11 is 8.94. The zero-order valence-electron chi connectivity index (χ0n) is 7.66. The topological polar surface area (TPSA) is 26.0 Å². The van der Waals surface area contributed by atoms with Gasteiger partial charge in [0.25, 0.3) is 0 Å². The Morgan fingerprint density at radius 2 is 1.93 bits per heavy atom. The summed E-state index contributed by atoms with van der Waals surface area (Å²) < 4.78 is -0.722. The largest absolute Gasteiger partial charge is 0.295 e. The van der Waals surface area contributed by atoms with Crippen LogP contribution >= 0.6 is 35.1 Å². The second-order valence-corrected chi connectivity index (χ2v) is 6.86. The third-order valence-corrected chi connectivity index (χ3v) is 4.63. The van der Waals surface area contributed by atoms with Crippen molar-refractivity contribution in [3.8, 4) is 0 Å². The fourth-order valence-corrected chi connectivity index (χ4v) is 3.46. The van der Waals surface area contributed by atoms with E-state index in [0.29, 0.717) is 0 Å². The van der Waals surface area contributed by atoms with Gasteiger partial charge in [0.2, 0.25) is 0 Å². The third kappa shape index (κ3) is 2.28. The predicted molar refractivity (Wildman–Crippen MR) is 67.1 cm³/mol. The van der Waals surface area contributed by atoms with Crippen LogP contribution in [-0.4, -0.2) is 3.66 Å². The molecule has 0 saturated heterocycles. The molecule has 0 fully saturated rings. The van der Waals surface area contributed by atoms with Crippen molar-refractivity contribution < 1.29 is 0 Å². The molecule has 0 aliphatic carbocycles. The van der Waals surface area contributed by atoms with Crippen molar-refractivity contribution in [2.75, 3.05) is 0 Å². The lowest BCUT2D eigenvalue weighted by atomic mass is 10.1. The van der Waals surface area contributed by atoms with Gasteiger partial charge >= 0.3 is 0 Å². The first-order chi connectivity index (χ1) is 6.57. The Kier molecular flexibility index (Phi) is 2.84. The molecule has 2 N–H and O–H groups in total. The minimum Gasteiger partial charge on any atom is -0.295 e. The summed E-state index contributed by atoms with van der Waals surface area (Å²) in [5, 5.41) is 2.02. The van der Waals surface area contributed by atoms with E-state index < -0.39 is 3.66 Å². The molecule has 1 nitrogen and oxygen atoms in total. The van der Waals surface area contributed by atoms with Crippen LogP contribution < -0.4 is 5.73 Å². The van der Waals surface area contributed by atoms with Crippen molar-refractivity contribution in [1.29, 1.82) is 0 Å². The lowest BCUT2D eigenvalue weighted by Gasteiger charge is -2.12. The summed E-state index contributed by atoms with van der Waals surface area (Å²) in [5.41, 5.74) is 8.22. The summed E-state index contributed by atoms with van der Waals surface area (Å²) in [5.74, 6) is 0. The van der Waals surface area contributed by atoms with E-state index in [4.69, 9.17) is 17.3 Å². The Balaban J connectivity index is 2.22. The number of alkyl halides is 1. The molecule has 0 radical (unpaired) electrons. The number of halogens is 1. The lowest BCUT2D eigenvalue weighted by molar-refractivity contribution is 1.22. The molecule has 4 heteroatoms. The van der Waals surface area contributed by atoms with Gasteiger partial charge in [-0.3, -0.25) is 5.73 Å². The molecule has 0 spiro atoms. The summed E-state index contributed by atoms with van der Waals surface area (Å²) in [4.78, 5) is 1.15. The minimum atomic E-state index is -0.722. The highest BCUT2D eigenvalue weighted by Crippen LogP contribution is 2.52. The number of thioether (sulfide) groups is 2. The molecule has 0 aromatic heterocycles. The smallest absolute Gasteiger partial charge is 0.194 e. The van der Waals surface area contributed by atoms with E-state index in [1.807, 2.05) is 5.41 Å². The fourth-order valence-electron chi connectivity index (χ4n) is 1.18. The number of hydrogen-bond acceptors (Lipinski definition) is 3. The van der Waals surface area contributed by atoms with Crippen molar-refractivity contribution in [2.24, 2.45) is 5.73 Å². The average molecular weight is 244 g/mol. The first-order valence-electron chi connectivity index (χ1n) is 4.19. The number of hydrogen-bond donors (Lipinski definition) is 1. The molecule has 1 aliphatic heterocycles. The van der Waals surface area contributed by atoms with Crippen LogP contribution in [0, 0.1) is 6.92 Å². The molecule has 1 aliphatic rings. The molecule has 14 heavy (non-hydrogen) atoms. The van der Waals surface area contributed by atoms with E-state index in [1.54, 1.807) is 0 Å². The lowest BCUT2D eigenvalue weighted by Crippen LogP contribution is -2.20. The molecule has 1 atom stereocenters. The minimum absolute atomic E-state index is 0.722. The third-order valence-electron chi connectivity index (χ3n) is 1.91. The van der Waals surface area contributed by atoms with Crippen LogP contribution in [-0.2, 0) is 0 Å². The second kappa shape index (κ2) is 3.81. The van der Waals surface area contributed by atoms with E-state index in [1.165, 1.54) is 34.7 Å². The van der Waals surface area contributed by atoms with Crippen molar-refractivity contribution >= 4 is 40.0 Å². The second-order valence-electron chi connectivity index (χ2n) is 3.15. The fraction of sp³-hybridized carbons (Fsp3) is 0.200. The van der Waals surface area contributed by atoms with Gasteiger partial charge in [0, 0.05) is 4.91 Å². The Morgan fingerprint density at radius 3 is 2.43 bits per heavy atom. The normalized spacial score (nSPS) is 26.4. The Bertz CT molecular complexity index is 370. The maximum Gasteiger partial charge on any atom is 0.194 e. The van der Waals surface area contributed by atoms with Crippen molar-refractivity contribution in [3.05, 3.63) is 40.8 Å². The van der Waals surface area contributed by atoms with Gasteiger partial charge in [-0.25, -0.2) is 0 Å². The zero-order valence-corrected chi connectivity index (χ0v) is 10.0. The van der Waals surface area contributed by atoms with E-state index in [-0.39, 0.29) is 0 Å².